The average Bonchev–Trinajstić information content (AvgIpc) is 3.36. The van der Waals surface area contributed by atoms with E-state index in [1.807, 2.05) is 49.0 Å². The van der Waals surface area contributed by atoms with Crippen LogP contribution in [0.3, 0.4) is 0 Å². The first-order chi connectivity index (χ1) is 17.7. The lowest BCUT2D eigenvalue weighted by atomic mass is 10.2. The zero-order valence-electron chi connectivity index (χ0n) is 20.5. The number of anilines is 1. The number of amides is 1. The number of nitrogens with zero attached hydrogens (tertiary/aromatic N) is 2. The van der Waals surface area contributed by atoms with Gasteiger partial charge in [-0.15, -0.1) is 6.58 Å². The van der Waals surface area contributed by atoms with Crippen LogP contribution in [0.1, 0.15) is 21.6 Å². The monoisotopic (exact) mass is 515 g/mol. The first-order valence-corrected chi connectivity index (χ1v) is 13.4. The number of fused-ring (bicyclic) bond motifs is 2. The van der Waals surface area contributed by atoms with Crippen molar-refractivity contribution in [1.29, 1.82) is 0 Å². The van der Waals surface area contributed by atoms with E-state index < -0.39 is 21.6 Å². The van der Waals surface area contributed by atoms with Crippen LogP contribution in [0.4, 0.5) is 10.1 Å². The average molecular weight is 516 g/mol. The van der Waals surface area contributed by atoms with E-state index in [-0.39, 0.29) is 22.9 Å². The van der Waals surface area contributed by atoms with Crippen LogP contribution in [0.15, 0.2) is 90.5 Å². The number of sulfone groups is 1. The molecule has 0 radical (unpaired) electrons. The molecule has 0 saturated heterocycles. The Hall–Kier alpha value is -4.17. The largest absolute Gasteiger partial charge is 0.351 e. The molecule has 5 rings (SSSR count). The third kappa shape index (κ3) is 4.56. The second kappa shape index (κ2) is 9.37. The summed E-state index contributed by atoms with van der Waals surface area (Å²) in [7, 11) is -1.98. The maximum absolute atomic E-state index is 14.0. The number of carbonyl (C=O) groups is 1. The highest BCUT2D eigenvalue weighted by Gasteiger charge is 2.31. The smallest absolute Gasteiger partial charge is 0.273 e. The first-order valence-electron chi connectivity index (χ1n) is 11.8. The summed E-state index contributed by atoms with van der Waals surface area (Å²) in [6, 6.07) is 18.9. The minimum Gasteiger partial charge on any atom is -0.351 e. The predicted molar refractivity (Wildman–Crippen MR) is 145 cm³/mol. The summed E-state index contributed by atoms with van der Waals surface area (Å²) in [4.78, 5) is 13.8. The maximum Gasteiger partial charge on any atom is 0.273 e. The number of aromatic nitrogens is 2. The Bertz CT molecular complexity index is 1800. The predicted octanol–water partition coefficient (Wildman–Crippen LogP) is 5.84. The minimum absolute atomic E-state index is 0.000121. The van der Waals surface area contributed by atoms with Crippen molar-refractivity contribution in [2.45, 2.75) is 18.4 Å². The fourth-order valence-electron chi connectivity index (χ4n) is 4.75. The van der Waals surface area contributed by atoms with Crippen molar-refractivity contribution in [3.8, 4) is 0 Å². The van der Waals surface area contributed by atoms with E-state index in [1.165, 1.54) is 18.2 Å². The molecule has 6 nitrogen and oxygen atoms in total. The number of halogens is 1. The highest BCUT2D eigenvalue weighted by molar-refractivity contribution is 7.91. The highest BCUT2D eigenvalue weighted by atomic mass is 32.2. The summed E-state index contributed by atoms with van der Waals surface area (Å²) in [6.07, 6.45) is 3.24. The number of aryl methyl sites for hydroxylation is 2. The molecule has 0 unspecified atom stereocenters. The molecule has 0 spiro atoms. The van der Waals surface area contributed by atoms with Gasteiger partial charge in [-0.3, -0.25) is 4.79 Å². The molecule has 0 atom stereocenters. The molecule has 1 amide bonds. The molecule has 3 aromatic carbocycles. The molecule has 37 heavy (non-hydrogen) atoms. The molecule has 0 fully saturated rings. The number of hydrogen-bond acceptors (Lipinski definition) is 3. The normalized spacial score (nSPS) is 11.8. The van der Waals surface area contributed by atoms with Crippen LogP contribution < -0.4 is 5.32 Å². The van der Waals surface area contributed by atoms with Gasteiger partial charge in [0.1, 0.15) is 16.4 Å². The van der Waals surface area contributed by atoms with Gasteiger partial charge in [-0.2, -0.15) is 0 Å². The molecule has 0 saturated carbocycles. The summed E-state index contributed by atoms with van der Waals surface area (Å²) >= 11 is 0. The van der Waals surface area contributed by atoms with Gasteiger partial charge < -0.3 is 14.5 Å². The molecule has 2 aromatic heterocycles. The molecule has 0 aliphatic heterocycles. The zero-order valence-corrected chi connectivity index (χ0v) is 21.3. The van der Waals surface area contributed by atoms with Gasteiger partial charge in [-0.05, 0) is 61.0 Å². The second-order valence-corrected chi connectivity index (χ2v) is 11.1. The Morgan fingerprint density at radius 3 is 2.59 bits per heavy atom. The van der Waals surface area contributed by atoms with Crippen LogP contribution in [0.25, 0.3) is 21.8 Å². The van der Waals surface area contributed by atoms with Gasteiger partial charge >= 0.3 is 0 Å². The lowest BCUT2D eigenvalue weighted by Crippen LogP contribution is -2.21. The highest BCUT2D eigenvalue weighted by Crippen LogP contribution is 2.34. The van der Waals surface area contributed by atoms with Crippen LogP contribution in [-0.4, -0.2) is 29.2 Å². The third-order valence-corrected chi connectivity index (χ3v) is 8.12. The van der Waals surface area contributed by atoms with Crippen LogP contribution in [-0.2, 0) is 23.4 Å². The zero-order chi connectivity index (χ0) is 26.3. The SMILES string of the molecule is C=CCS(=O)(=O)c1c(C(=O)Nc2ccc3c(ccn3C)c2)n(Cc2cccc(F)c2)c2ccc(C)cc12. The number of hydrogen-bond donors (Lipinski definition) is 1. The Morgan fingerprint density at radius 1 is 1.05 bits per heavy atom. The lowest BCUT2D eigenvalue weighted by Gasteiger charge is -2.13. The van der Waals surface area contributed by atoms with Crippen molar-refractivity contribution in [1.82, 2.24) is 9.13 Å². The van der Waals surface area contributed by atoms with E-state index in [9.17, 15) is 17.6 Å². The van der Waals surface area contributed by atoms with E-state index in [1.54, 1.807) is 34.9 Å². The van der Waals surface area contributed by atoms with Gasteiger partial charge in [0.05, 0.1) is 11.3 Å². The van der Waals surface area contributed by atoms with Crippen molar-refractivity contribution in [2.75, 3.05) is 11.1 Å². The summed E-state index contributed by atoms with van der Waals surface area (Å²) in [5, 5.41) is 4.28. The Morgan fingerprint density at radius 2 is 1.84 bits per heavy atom. The molecule has 8 heteroatoms. The van der Waals surface area contributed by atoms with Crippen LogP contribution in [0.2, 0.25) is 0 Å². The molecule has 5 aromatic rings. The van der Waals surface area contributed by atoms with Gasteiger partial charge in [0.25, 0.3) is 5.91 Å². The Labute approximate surface area is 214 Å². The van der Waals surface area contributed by atoms with Gasteiger partial charge in [0.15, 0.2) is 9.84 Å². The van der Waals surface area contributed by atoms with Crippen LogP contribution >= 0.6 is 0 Å². The summed E-state index contributed by atoms with van der Waals surface area (Å²) < 4.78 is 44.6. The summed E-state index contributed by atoms with van der Waals surface area (Å²) in [6.45, 7) is 5.57. The Balaban J connectivity index is 1.72. The quantitative estimate of drug-likeness (QED) is 0.277. The number of rotatable bonds is 7. The molecule has 0 aliphatic rings. The molecule has 2 heterocycles. The lowest BCUT2D eigenvalue weighted by molar-refractivity contribution is 0.101. The number of nitrogens with one attached hydrogen (secondary N) is 1. The fourth-order valence-corrected chi connectivity index (χ4v) is 6.22. The fraction of sp³-hybridized carbons (Fsp3) is 0.138. The molecule has 1 N–H and O–H groups in total. The van der Waals surface area contributed by atoms with Crippen molar-refractivity contribution in [3.63, 3.8) is 0 Å². The maximum atomic E-state index is 14.0. The van der Waals surface area contributed by atoms with Crippen molar-refractivity contribution >= 4 is 43.2 Å². The van der Waals surface area contributed by atoms with Crippen molar-refractivity contribution < 1.29 is 17.6 Å². The Kier molecular flexibility index (Phi) is 6.21. The molecular formula is C29H26FN3O3S. The van der Waals surface area contributed by atoms with Crippen molar-refractivity contribution in [3.05, 3.63) is 108 Å². The topological polar surface area (TPSA) is 73.1 Å². The molecule has 0 bridgehead atoms. The van der Waals surface area contributed by atoms with Crippen molar-refractivity contribution in [2.24, 2.45) is 7.05 Å². The van der Waals surface area contributed by atoms with E-state index in [0.29, 0.717) is 22.2 Å². The summed E-state index contributed by atoms with van der Waals surface area (Å²) in [5.74, 6) is -1.30. The third-order valence-electron chi connectivity index (χ3n) is 6.41. The van der Waals surface area contributed by atoms with E-state index >= 15 is 0 Å². The minimum atomic E-state index is -3.91. The number of carbonyl (C=O) groups excluding carboxylic acids is 1. The first kappa shape index (κ1) is 24.5. The van der Waals surface area contributed by atoms with Crippen LogP contribution in [0, 0.1) is 12.7 Å². The van der Waals surface area contributed by atoms with Gasteiger partial charge in [0.2, 0.25) is 0 Å². The van der Waals surface area contributed by atoms with E-state index in [2.05, 4.69) is 11.9 Å². The van der Waals surface area contributed by atoms with Gasteiger partial charge in [-0.1, -0.05) is 29.8 Å². The summed E-state index contributed by atoms with van der Waals surface area (Å²) in [5.41, 5.74) is 3.57. The molecular weight excluding hydrogens is 489 g/mol. The van der Waals surface area contributed by atoms with Gasteiger partial charge in [-0.25, -0.2) is 12.8 Å². The number of benzene rings is 3. The second-order valence-electron chi connectivity index (χ2n) is 9.14. The van der Waals surface area contributed by atoms with E-state index in [4.69, 9.17) is 0 Å². The molecule has 0 aliphatic carbocycles. The standard InChI is InChI=1S/C29H26FN3O3S/c1-4-14-37(35,36)28-24-15-19(2)8-10-26(24)33(18-20-6-5-7-22(30)16-20)27(28)29(34)31-23-9-11-25-21(17-23)12-13-32(25)3/h4-13,15-17H,1,14,18H2,2-3H3,(H,31,34). The van der Waals surface area contributed by atoms with E-state index in [0.717, 1.165) is 16.5 Å². The molecule has 188 valence electrons. The van der Waals surface area contributed by atoms with Gasteiger partial charge in [0, 0.05) is 41.8 Å². The van der Waals surface area contributed by atoms with Crippen LogP contribution in [0.5, 0.6) is 0 Å².